The van der Waals surface area contributed by atoms with Crippen molar-refractivity contribution in [3.63, 3.8) is 0 Å². The van der Waals surface area contributed by atoms with Gasteiger partial charge in [-0.1, -0.05) is 0 Å². The van der Waals surface area contributed by atoms with Gasteiger partial charge in [-0.05, 0) is 24.3 Å². The van der Waals surface area contributed by atoms with Gasteiger partial charge in [0.15, 0.2) is 0 Å². The second-order valence-corrected chi connectivity index (χ2v) is 4.17. The standard InChI is InChI=1S/C14H17NO3/c1-17-13-3-4-14(18-2)10(8-13)7-11-9-12(16)5-6-15-11/h3-4,7-8,15H,5-6,9H2,1-2H3. The number of allylic oxidation sites excluding steroid dienone is 1. The fraction of sp³-hybridized carbons (Fsp3) is 0.357. The quantitative estimate of drug-likeness (QED) is 0.887. The minimum Gasteiger partial charge on any atom is -0.497 e. The van der Waals surface area contributed by atoms with Crippen LogP contribution in [0.1, 0.15) is 18.4 Å². The second kappa shape index (κ2) is 5.58. The van der Waals surface area contributed by atoms with E-state index in [1.165, 1.54) is 0 Å². The van der Waals surface area contributed by atoms with Crippen LogP contribution in [-0.4, -0.2) is 26.5 Å². The average molecular weight is 247 g/mol. The van der Waals surface area contributed by atoms with Crippen LogP contribution >= 0.6 is 0 Å². The zero-order valence-electron chi connectivity index (χ0n) is 10.7. The van der Waals surface area contributed by atoms with E-state index >= 15 is 0 Å². The Morgan fingerprint density at radius 3 is 2.78 bits per heavy atom. The Balaban J connectivity index is 2.30. The van der Waals surface area contributed by atoms with Crippen LogP contribution in [0.2, 0.25) is 0 Å². The normalized spacial score (nSPS) is 17.4. The molecule has 0 unspecified atom stereocenters. The van der Waals surface area contributed by atoms with E-state index in [-0.39, 0.29) is 5.78 Å². The number of piperidine rings is 1. The van der Waals surface area contributed by atoms with Crippen LogP contribution in [-0.2, 0) is 4.79 Å². The van der Waals surface area contributed by atoms with Gasteiger partial charge in [0, 0.05) is 30.6 Å². The number of carbonyl (C=O) groups excluding carboxylic acids is 1. The van der Waals surface area contributed by atoms with Gasteiger partial charge < -0.3 is 14.8 Å². The minimum atomic E-state index is 0.266. The fourth-order valence-electron chi connectivity index (χ4n) is 1.97. The van der Waals surface area contributed by atoms with Crippen LogP contribution < -0.4 is 14.8 Å². The molecule has 0 bridgehead atoms. The highest BCUT2D eigenvalue weighted by molar-refractivity contribution is 5.83. The van der Waals surface area contributed by atoms with Crippen LogP contribution in [0.15, 0.2) is 23.9 Å². The molecular weight excluding hydrogens is 230 g/mol. The summed E-state index contributed by atoms with van der Waals surface area (Å²) in [5.74, 6) is 1.80. The fourth-order valence-corrected chi connectivity index (χ4v) is 1.97. The molecule has 1 N–H and O–H groups in total. The van der Waals surface area contributed by atoms with E-state index in [2.05, 4.69) is 5.32 Å². The summed E-state index contributed by atoms with van der Waals surface area (Å²) < 4.78 is 10.5. The molecular formula is C14H17NO3. The van der Waals surface area contributed by atoms with E-state index < -0.39 is 0 Å². The maximum Gasteiger partial charge on any atom is 0.140 e. The number of methoxy groups -OCH3 is 2. The van der Waals surface area contributed by atoms with Crippen molar-refractivity contribution in [3.8, 4) is 11.5 Å². The summed E-state index contributed by atoms with van der Waals surface area (Å²) in [5.41, 5.74) is 1.84. The van der Waals surface area contributed by atoms with Gasteiger partial charge in [0.2, 0.25) is 0 Å². The van der Waals surface area contributed by atoms with Gasteiger partial charge in [0.1, 0.15) is 17.3 Å². The summed E-state index contributed by atoms with van der Waals surface area (Å²) in [5, 5.41) is 3.23. The van der Waals surface area contributed by atoms with Crippen molar-refractivity contribution in [2.75, 3.05) is 20.8 Å². The van der Waals surface area contributed by atoms with Crippen molar-refractivity contribution in [1.82, 2.24) is 5.32 Å². The molecule has 0 spiro atoms. The topological polar surface area (TPSA) is 47.6 Å². The van der Waals surface area contributed by atoms with Gasteiger partial charge in [0.25, 0.3) is 0 Å². The number of ketones is 1. The zero-order valence-corrected chi connectivity index (χ0v) is 10.7. The Hall–Kier alpha value is -1.97. The van der Waals surface area contributed by atoms with Crippen molar-refractivity contribution in [2.45, 2.75) is 12.8 Å². The molecule has 0 amide bonds. The predicted molar refractivity (Wildman–Crippen MR) is 69.8 cm³/mol. The number of hydrogen-bond donors (Lipinski definition) is 1. The van der Waals surface area contributed by atoms with Crippen molar-refractivity contribution < 1.29 is 14.3 Å². The summed E-state index contributed by atoms with van der Waals surface area (Å²) in [6.45, 7) is 0.705. The monoisotopic (exact) mass is 247 g/mol. The lowest BCUT2D eigenvalue weighted by Crippen LogP contribution is -2.25. The van der Waals surface area contributed by atoms with E-state index in [9.17, 15) is 4.79 Å². The van der Waals surface area contributed by atoms with Gasteiger partial charge in [-0.3, -0.25) is 4.79 Å². The molecule has 0 atom stereocenters. The largest absolute Gasteiger partial charge is 0.497 e. The number of Topliss-reactive ketones (excluding diaryl/α,β-unsaturated/α-hetero) is 1. The SMILES string of the molecule is COc1ccc(OC)c(C=C2CC(=O)CCN2)c1. The van der Waals surface area contributed by atoms with Crippen molar-refractivity contribution >= 4 is 11.9 Å². The molecule has 1 saturated heterocycles. The van der Waals surface area contributed by atoms with E-state index in [1.807, 2.05) is 24.3 Å². The smallest absolute Gasteiger partial charge is 0.140 e. The summed E-state index contributed by atoms with van der Waals surface area (Å²) >= 11 is 0. The first kappa shape index (κ1) is 12.5. The zero-order chi connectivity index (χ0) is 13.0. The molecule has 0 aliphatic carbocycles. The molecule has 1 fully saturated rings. The Labute approximate surface area is 107 Å². The average Bonchev–Trinajstić information content (AvgIpc) is 2.38. The molecule has 18 heavy (non-hydrogen) atoms. The van der Waals surface area contributed by atoms with Gasteiger partial charge >= 0.3 is 0 Å². The first-order valence-electron chi connectivity index (χ1n) is 5.91. The number of rotatable bonds is 3. The molecule has 1 aliphatic rings. The summed E-state index contributed by atoms with van der Waals surface area (Å²) in [6, 6.07) is 5.60. The molecule has 0 aromatic heterocycles. The van der Waals surface area contributed by atoms with Crippen LogP contribution in [0.5, 0.6) is 11.5 Å². The number of hydrogen-bond acceptors (Lipinski definition) is 4. The van der Waals surface area contributed by atoms with E-state index in [1.54, 1.807) is 14.2 Å². The molecule has 96 valence electrons. The van der Waals surface area contributed by atoms with Gasteiger partial charge in [-0.2, -0.15) is 0 Å². The Bertz CT molecular complexity index is 480. The van der Waals surface area contributed by atoms with E-state index in [0.717, 1.165) is 22.8 Å². The molecule has 1 aliphatic heterocycles. The first-order valence-corrected chi connectivity index (χ1v) is 5.91. The highest BCUT2D eigenvalue weighted by Crippen LogP contribution is 2.26. The third kappa shape index (κ3) is 2.83. The molecule has 1 aromatic carbocycles. The third-order valence-corrected chi connectivity index (χ3v) is 2.91. The maximum absolute atomic E-state index is 11.4. The summed E-state index contributed by atoms with van der Waals surface area (Å²) in [6.07, 6.45) is 3.01. The number of nitrogens with one attached hydrogen (secondary N) is 1. The van der Waals surface area contributed by atoms with E-state index in [4.69, 9.17) is 9.47 Å². The Morgan fingerprint density at radius 2 is 2.11 bits per heavy atom. The molecule has 4 heteroatoms. The van der Waals surface area contributed by atoms with Crippen LogP contribution in [0.25, 0.3) is 6.08 Å². The summed E-state index contributed by atoms with van der Waals surface area (Å²) in [7, 11) is 3.25. The second-order valence-electron chi connectivity index (χ2n) is 4.17. The minimum absolute atomic E-state index is 0.266. The third-order valence-electron chi connectivity index (χ3n) is 2.91. The molecule has 4 nitrogen and oxygen atoms in total. The molecule has 1 heterocycles. The van der Waals surface area contributed by atoms with E-state index in [0.29, 0.717) is 19.4 Å². The van der Waals surface area contributed by atoms with Crippen LogP contribution in [0.4, 0.5) is 0 Å². The van der Waals surface area contributed by atoms with Gasteiger partial charge in [-0.15, -0.1) is 0 Å². The highest BCUT2D eigenvalue weighted by atomic mass is 16.5. The summed E-state index contributed by atoms with van der Waals surface area (Å²) in [4.78, 5) is 11.4. The Kier molecular flexibility index (Phi) is 3.87. The molecule has 0 saturated carbocycles. The lowest BCUT2D eigenvalue weighted by atomic mass is 10.0. The lowest BCUT2D eigenvalue weighted by molar-refractivity contribution is -0.119. The Morgan fingerprint density at radius 1 is 1.28 bits per heavy atom. The van der Waals surface area contributed by atoms with Crippen molar-refractivity contribution in [2.24, 2.45) is 0 Å². The lowest BCUT2D eigenvalue weighted by Gasteiger charge is -2.16. The maximum atomic E-state index is 11.4. The van der Waals surface area contributed by atoms with Crippen LogP contribution in [0.3, 0.4) is 0 Å². The van der Waals surface area contributed by atoms with Gasteiger partial charge in [0.05, 0.1) is 14.2 Å². The number of carbonyl (C=O) groups is 1. The van der Waals surface area contributed by atoms with Crippen molar-refractivity contribution in [3.05, 3.63) is 29.5 Å². The number of benzene rings is 1. The number of ether oxygens (including phenoxy) is 2. The molecule has 2 rings (SSSR count). The van der Waals surface area contributed by atoms with Crippen molar-refractivity contribution in [1.29, 1.82) is 0 Å². The molecule has 1 aromatic rings. The predicted octanol–water partition coefficient (Wildman–Crippen LogP) is 2.00. The highest BCUT2D eigenvalue weighted by Gasteiger charge is 2.13. The van der Waals surface area contributed by atoms with Crippen LogP contribution in [0, 0.1) is 0 Å². The molecule has 0 radical (unpaired) electrons. The van der Waals surface area contributed by atoms with Gasteiger partial charge in [-0.25, -0.2) is 0 Å². The first-order chi connectivity index (χ1) is 8.72.